The molecule has 6 aliphatic carbocycles. The van der Waals surface area contributed by atoms with Crippen molar-refractivity contribution in [3.63, 3.8) is 0 Å². The number of esters is 2. The highest BCUT2D eigenvalue weighted by atomic mass is 16.6. The zero-order valence-electron chi connectivity index (χ0n) is 21.6. The Morgan fingerprint density at radius 3 is 1.72 bits per heavy atom. The van der Waals surface area contributed by atoms with Crippen molar-refractivity contribution < 1.29 is 28.7 Å². The topological polar surface area (TPSA) is 86.7 Å². The van der Waals surface area contributed by atoms with Crippen LogP contribution in [0.1, 0.15) is 53.4 Å². The number of rotatable bonds is 2. The van der Waals surface area contributed by atoms with E-state index in [0.29, 0.717) is 17.6 Å². The molecule has 14 atom stereocenters. The predicted molar refractivity (Wildman–Crippen MR) is 129 cm³/mol. The molecule has 0 aromatic heterocycles. The van der Waals surface area contributed by atoms with Gasteiger partial charge in [-0.05, 0) is 85.9 Å². The van der Waals surface area contributed by atoms with Crippen molar-refractivity contribution in [1.82, 2.24) is 0 Å². The third-order valence-electron chi connectivity index (χ3n) is 12.7. The Kier molecular flexibility index (Phi) is 4.32. The molecule has 6 saturated carbocycles. The van der Waals surface area contributed by atoms with E-state index in [1.54, 1.807) is 13.8 Å². The molecule has 6 nitrogen and oxygen atoms in total. The van der Waals surface area contributed by atoms with Crippen molar-refractivity contribution in [3.8, 4) is 0 Å². The van der Waals surface area contributed by atoms with Crippen LogP contribution in [0.2, 0.25) is 0 Å². The largest absolute Gasteiger partial charge is 0.458 e. The van der Waals surface area contributed by atoms with Crippen LogP contribution in [0.4, 0.5) is 0 Å². The zero-order chi connectivity index (χ0) is 25.6. The van der Waals surface area contributed by atoms with E-state index >= 15 is 0 Å². The standard InChI is InChI=1S/C30H36O6/c1-11-7-21-17(13(3)27(33)35-21)9-19-20-10-18-14(4)28(34)36-22(18)8-12(2)30(20)25-23(15(5)31)26(30)29(11,19)24(25)16(6)32/h11-12,17-26H,3-4,7-10H2,1-2,5-6H3. The van der Waals surface area contributed by atoms with Crippen molar-refractivity contribution in [2.24, 2.45) is 70.0 Å². The molecule has 14 unspecified atom stereocenters. The van der Waals surface area contributed by atoms with E-state index in [1.807, 2.05) is 0 Å². The third-order valence-corrected chi connectivity index (χ3v) is 12.7. The Morgan fingerprint density at radius 1 is 0.778 bits per heavy atom. The number of ether oxygens (including phenoxy) is 2. The Bertz CT molecular complexity index is 1170. The first-order valence-corrected chi connectivity index (χ1v) is 13.8. The van der Waals surface area contributed by atoms with Crippen LogP contribution in [-0.4, -0.2) is 35.7 Å². The summed E-state index contributed by atoms with van der Waals surface area (Å²) < 4.78 is 11.7. The molecule has 8 fully saturated rings. The molecule has 0 amide bonds. The van der Waals surface area contributed by atoms with Crippen LogP contribution in [0.3, 0.4) is 0 Å². The van der Waals surface area contributed by atoms with Crippen LogP contribution in [-0.2, 0) is 28.7 Å². The van der Waals surface area contributed by atoms with E-state index in [-0.39, 0.29) is 106 Å². The first-order valence-electron chi connectivity index (χ1n) is 13.8. The molecule has 2 aliphatic heterocycles. The van der Waals surface area contributed by atoms with Gasteiger partial charge in [0.1, 0.15) is 23.8 Å². The fraction of sp³-hybridized carbons (Fsp3) is 0.733. The van der Waals surface area contributed by atoms with Gasteiger partial charge in [-0.15, -0.1) is 0 Å². The number of Topliss-reactive ketones (excluding diaryl/α,β-unsaturated/α-hetero) is 2. The van der Waals surface area contributed by atoms with Gasteiger partial charge in [-0.2, -0.15) is 0 Å². The van der Waals surface area contributed by atoms with Gasteiger partial charge in [0, 0.05) is 34.8 Å². The lowest BCUT2D eigenvalue weighted by Crippen LogP contribution is -2.60. The van der Waals surface area contributed by atoms with Gasteiger partial charge in [0.25, 0.3) is 0 Å². The van der Waals surface area contributed by atoms with E-state index in [2.05, 4.69) is 27.0 Å². The van der Waals surface area contributed by atoms with Crippen LogP contribution < -0.4 is 0 Å². The van der Waals surface area contributed by atoms with Crippen LogP contribution in [0.5, 0.6) is 0 Å². The molecular weight excluding hydrogens is 456 g/mol. The number of carbonyl (C=O) groups excluding carboxylic acids is 4. The summed E-state index contributed by atoms with van der Waals surface area (Å²) in [5.41, 5.74) is 0.712. The zero-order valence-corrected chi connectivity index (χ0v) is 21.6. The highest BCUT2D eigenvalue weighted by Crippen LogP contribution is 2.92. The first-order chi connectivity index (χ1) is 17.0. The Labute approximate surface area is 212 Å². The van der Waals surface area contributed by atoms with E-state index in [1.165, 1.54) is 0 Å². The molecule has 6 heteroatoms. The molecule has 8 aliphatic rings. The van der Waals surface area contributed by atoms with Crippen molar-refractivity contribution in [3.05, 3.63) is 24.3 Å². The second-order valence-electron chi connectivity index (χ2n) is 13.3. The maximum Gasteiger partial charge on any atom is 0.334 e. The molecule has 0 aromatic rings. The molecule has 2 heterocycles. The van der Waals surface area contributed by atoms with Gasteiger partial charge >= 0.3 is 11.9 Å². The second kappa shape index (κ2) is 6.79. The van der Waals surface area contributed by atoms with Gasteiger partial charge in [0.15, 0.2) is 0 Å². The first kappa shape index (κ1) is 22.9. The van der Waals surface area contributed by atoms with Crippen LogP contribution in [0.25, 0.3) is 0 Å². The smallest absolute Gasteiger partial charge is 0.334 e. The van der Waals surface area contributed by atoms with Gasteiger partial charge in [-0.25, -0.2) is 9.59 Å². The van der Waals surface area contributed by atoms with Gasteiger partial charge in [0.2, 0.25) is 0 Å². The maximum absolute atomic E-state index is 13.6. The van der Waals surface area contributed by atoms with E-state index in [4.69, 9.17) is 9.47 Å². The highest BCUT2D eigenvalue weighted by molar-refractivity contribution is 5.92. The average molecular weight is 493 g/mol. The van der Waals surface area contributed by atoms with Gasteiger partial charge in [-0.3, -0.25) is 9.59 Å². The van der Waals surface area contributed by atoms with Gasteiger partial charge in [-0.1, -0.05) is 27.0 Å². The maximum atomic E-state index is 13.6. The minimum atomic E-state index is -0.294. The second-order valence-corrected chi connectivity index (χ2v) is 13.3. The lowest BCUT2D eigenvalue weighted by molar-refractivity contribution is -0.169. The molecule has 0 N–H and O–H groups in total. The van der Waals surface area contributed by atoms with E-state index in [9.17, 15) is 19.2 Å². The average Bonchev–Trinajstić information content (AvgIpc) is 3.43. The number of hydrogen-bond donors (Lipinski definition) is 0. The van der Waals surface area contributed by atoms with Crippen LogP contribution in [0.15, 0.2) is 24.3 Å². The summed E-state index contributed by atoms with van der Waals surface area (Å²) in [6, 6.07) is 0. The van der Waals surface area contributed by atoms with E-state index in [0.717, 1.165) is 19.3 Å². The van der Waals surface area contributed by atoms with Crippen molar-refractivity contribution in [2.75, 3.05) is 0 Å². The Balaban J connectivity index is 1.45. The van der Waals surface area contributed by atoms with Gasteiger partial charge in [0.05, 0.1) is 0 Å². The minimum Gasteiger partial charge on any atom is -0.458 e. The molecule has 2 spiro atoms. The molecule has 4 bridgehead atoms. The summed E-state index contributed by atoms with van der Waals surface area (Å²) in [4.78, 5) is 51.8. The molecule has 0 aromatic carbocycles. The summed E-state index contributed by atoms with van der Waals surface area (Å²) in [5.74, 6) is 0.482. The fourth-order valence-electron chi connectivity index (χ4n) is 12.1. The number of ketones is 2. The predicted octanol–water partition coefficient (Wildman–Crippen LogP) is 3.93. The Morgan fingerprint density at radius 2 is 1.25 bits per heavy atom. The lowest BCUT2D eigenvalue weighted by Gasteiger charge is -2.61. The number of fused-ring (bicyclic) bond motifs is 3. The minimum absolute atomic E-state index is 0.0225. The van der Waals surface area contributed by atoms with Gasteiger partial charge < -0.3 is 9.47 Å². The number of hydrogen-bond acceptors (Lipinski definition) is 6. The fourth-order valence-corrected chi connectivity index (χ4v) is 12.1. The molecule has 2 saturated heterocycles. The normalized spacial score (nSPS) is 55.9. The SMILES string of the molecule is C=C1C(=O)OC2CC(C)C34C(CC12)C1CC2C(=C)C(=O)OC2CC(C)C12C(C(C(C)=O)C32)C4C(C)=O. The molecule has 8 rings (SSSR count). The van der Waals surface area contributed by atoms with Crippen molar-refractivity contribution in [2.45, 2.75) is 65.6 Å². The highest BCUT2D eigenvalue weighted by Gasteiger charge is 2.91. The quantitative estimate of drug-likeness (QED) is 0.429. The van der Waals surface area contributed by atoms with Crippen LogP contribution >= 0.6 is 0 Å². The molecule has 192 valence electrons. The number of carbonyl (C=O) groups is 4. The molecule has 0 radical (unpaired) electrons. The monoisotopic (exact) mass is 492 g/mol. The summed E-state index contributed by atoms with van der Waals surface area (Å²) in [6.45, 7) is 16.2. The van der Waals surface area contributed by atoms with Crippen molar-refractivity contribution in [1.29, 1.82) is 0 Å². The molecular formula is C30H36O6. The Hall–Kier alpha value is -2.24. The van der Waals surface area contributed by atoms with Crippen LogP contribution in [0, 0.1) is 70.0 Å². The lowest BCUT2D eigenvalue weighted by atomic mass is 9.42. The summed E-state index contributed by atoms with van der Waals surface area (Å²) in [6.07, 6.45) is 2.64. The molecule has 36 heavy (non-hydrogen) atoms. The summed E-state index contributed by atoms with van der Waals surface area (Å²) in [5, 5.41) is 0. The van der Waals surface area contributed by atoms with Crippen molar-refractivity contribution >= 4 is 23.5 Å². The van der Waals surface area contributed by atoms with E-state index < -0.39 is 0 Å². The summed E-state index contributed by atoms with van der Waals surface area (Å²) >= 11 is 0. The third kappa shape index (κ3) is 2.17. The summed E-state index contributed by atoms with van der Waals surface area (Å²) in [7, 11) is 0.